The predicted molar refractivity (Wildman–Crippen MR) is 121 cm³/mol. The van der Waals surface area contributed by atoms with E-state index in [-0.39, 0.29) is 11.8 Å². The van der Waals surface area contributed by atoms with E-state index in [4.69, 9.17) is 0 Å². The van der Waals surface area contributed by atoms with Crippen LogP contribution in [0.25, 0.3) is 0 Å². The van der Waals surface area contributed by atoms with Gasteiger partial charge in [-0.1, -0.05) is 30.8 Å². The Morgan fingerprint density at radius 2 is 1.80 bits per heavy atom. The Kier molecular flexibility index (Phi) is 4.95. The summed E-state index contributed by atoms with van der Waals surface area (Å²) in [5, 5.41) is 3.07. The van der Waals surface area contributed by atoms with Gasteiger partial charge < -0.3 is 15.1 Å². The first kappa shape index (κ1) is 19.5. The zero-order valence-electron chi connectivity index (χ0n) is 17.1. The van der Waals surface area contributed by atoms with Crippen LogP contribution in [0.3, 0.4) is 0 Å². The van der Waals surface area contributed by atoms with Crippen molar-refractivity contribution in [3.8, 4) is 0 Å². The maximum Gasteiger partial charge on any atom is 0.261 e. The number of para-hydroxylation sites is 1. The number of hydrogen-bond donors (Lipinski definition) is 1. The van der Waals surface area contributed by atoms with Crippen LogP contribution in [0.5, 0.6) is 0 Å². The summed E-state index contributed by atoms with van der Waals surface area (Å²) in [6.45, 7) is 7.51. The highest BCUT2D eigenvalue weighted by Crippen LogP contribution is 2.56. The fraction of sp³-hybridized carbons (Fsp3) is 0.391. The van der Waals surface area contributed by atoms with Crippen LogP contribution in [0.4, 0.5) is 17.1 Å². The van der Waals surface area contributed by atoms with E-state index in [1.807, 2.05) is 36.4 Å². The molecular formula is C23H26N4O2S. The molecule has 0 radical (unpaired) electrons. The predicted octanol–water partition coefficient (Wildman–Crippen LogP) is 3.40. The molecule has 2 aromatic rings. The highest BCUT2D eigenvalue weighted by molar-refractivity contribution is 8.02. The average Bonchev–Trinajstić information content (AvgIpc) is 3.30. The second kappa shape index (κ2) is 7.63. The standard InChI is InChI=1S/C23H26N4O2S/c1-2-25-13-15-26(16-14-25)18-9-7-17(8-10-18)24-22(29)23-12-11-21(28)27(23)19-5-3-4-6-20(19)30-23/h3-10H,2,11-16H2,1H3,(H,24,29). The number of likely N-dealkylation sites (N-methyl/N-ethyl adjacent to an activating group) is 1. The highest BCUT2D eigenvalue weighted by Gasteiger charge is 2.57. The summed E-state index contributed by atoms with van der Waals surface area (Å²) in [6.07, 6.45) is 0.925. The van der Waals surface area contributed by atoms with Crippen LogP contribution in [0, 0.1) is 0 Å². The summed E-state index contributed by atoms with van der Waals surface area (Å²) in [5.74, 6) is -0.108. The molecule has 1 N–H and O–H groups in total. The lowest BCUT2D eigenvalue weighted by Crippen LogP contribution is -2.49. The molecule has 1 atom stereocenters. The second-order valence-corrected chi connectivity index (χ2v) is 9.32. The SMILES string of the molecule is CCN1CCN(c2ccc(NC(=O)C34CCC(=O)N3c3ccccc3S4)cc2)CC1. The highest BCUT2D eigenvalue weighted by atomic mass is 32.2. The quantitative estimate of drug-likeness (QED) is 0.819. The zero-order chi connectivity index (χ0) is 20.7. The molecule has 0 aliphatic carbocycles. The molecule has 30 heavy (non-hydrogen) atoms. The summed E-state index contributed by atoms with van der Waals surface area (Å²) in [4.78, 5) is 32.6. The lowest BCUT2D eigenvalue weighted by Gasteiger charge is -2.35. The lowest BCUT2D eigenvalue weighted by atomic mass is 10.1. The van der Waals surface area contributed by atoms with Crippen LogP contribution < -0.4 is 15.1 Å². The number of amides is 2. The molecule has 0 spiro atoms. The molecule has 0 aromatic heterocycles. The smallest absolute Gasteiger partial charge is 0.261 e. The van der Waals surface area contributed by atoms with Crippen LogP contribution in [0.1, 0.15) is 19.8 Å². The number of carbonyl (C=O) groups is 2. The van der Waals surface area contributed by atoms with Crippen molar-refractivity contribution < 1.29 is 9.59 Å². The summed E-state index contributed by atoms with van der Waals surface area (Å²) in [7, 11) is 0. The van der Waals surface area contributed by atoms with Crippen molar-refractivity contribution in [1.82, 2.24) is 4.90 Å². The molecule has 3 aliphatic rings. The Bertz CT molecular complexity index is 971. The first-order chi connectivity index (χ1) is 14.6. The minimum atomic E-state index is -0.879. The largest absolute Gasteiger partial charge is 0.369 e. The summed E-state index contributed by atoms with van der Waals surface area (Å²) in [6, 6.07) is 15.8. The van der Waals surface area contributed by atoms with Crippen LogP contribution in [0.15, 0.2) is 53.4 Å². The van der Waals surface area contributed by atoms with Gasteiger partial charge in [0, 0.05) is 48.9 Å². The molecule has 2 amide bonds. The molecule has 0 saturated carbocycles. The lowest BCUT2D eigenvalue weighted by molar-refractivity contribution is -0.121. The molecule has 5 rings (SSSR count). The topological polar surface area (TPSA) is 55.9 Å². The maximum absolute atomic E-state index is 13.3. The molecule has 3 aliphatic heterocycles. The van der Waals surface area contributed by atoms with Crippen molar-refractivity contribution in [3.05, 3.63) is 48.5 Å². The van der Waals surface area contributed by atoms with E-state index in [2.05, 4.69) is 34.2 Å². The van der Waals surface area contributed by atoms with E-state index < -0.39 is 4.87 Å². The number of anilines is 3. The molecule has 6 nitrogen and oxygen atoms in total. The van der Waals surface area contributed by atoms with Crippen LogP contribution in [0.2, 0.25) is 0 Å². The minimum absolute atomic E-state index is 0.0177. The molecule has 7 heteroatoms. The number of nitrogens with one attached hydrogen (secondary N) is 1. The Morgan fingerprint density at radius 1 is 1.07 bits per heavy atom. The third-order valence-corrected chi connectivity index (χ3v) is 7.81. The van der Waals surface area contributed by atoms with Gasteiger partial charge in [-0.3, -0.25) is 14.5 Å². The fourth-order valence-electron chi connectivity index (χ4n) is 4.61. The fourth-order valence-corrected chi connectivity index (χ4v) is 6.02. The van der Waals surface area contributed by atoms with Gasteiger partial charge in [0.25, 0.3) is 5.91 Å². The summed E-state index contributed by atoms with van der Waals surface area (Å²) < 4.78 is 0. The van der Waals surface area contributed by atoms with Crippen molar-refractivity contribution in [2.75, 3.05) is 47.8 Å². The molecule has 0 bridgehead atoms. The van der Waals surface area contributed by atoms with Gasteiger partial charge in [-0.15, -0.1) is 0 Å². The average molecular weight is 423 g/mol. The van der Waals surface area contributed by atoms with Crippen molar-refractivity contribution in [1.29, 1.82) is 0 Å². The summed E-state index contributed by atoms with van der Waals surface area (Å²) >= 11 is 1.49. The third kappa shape index (κ3) is 3.17. The van der Waals surface area contributed by atoms with Crippen LogP contribution in [-0.4, -0.2) is 54.3 Å². The molecule has 2 saturated heterocycles. The van der Waals surface area contributed by atoms with Gasteiger partial charge in [0.05, 0.1) is 5.69 Å². The normalized spacial score (nSPS) is 23.4. The minimum Gasteiger partial charge on any atom is -0.369 e. The van der Waals surface area contributed by atoms with E-state index in [1.165, 1.54) is 17.4 Å². The second-order valence-electron chi connectivity index (χ2n) is 8.01. The number of carbonyl (C=O) groups excluding carboxylic acids is 2. The van der Waals surface area contributed by atoms with E-state index in [0.29, 0.717) is 12.8 Å². The van der Waals surface area contributed by atoms with E-state index in [0.717, 1.165) is 49.0 Å². The first-order valence-corrected chi connectivity index (χ1v) is 11.4. The van der Waals surface area contributed by atoms with Crippen LogP contribution in [-0.2, 0) is 9.59 Å². The van der Waals surface area contributed by atoms with Crippen molar-refractivity contribution >= 4 is 40.6 Å². The number of piperazine rings is 1. The molecule has 3 heterocycles. The summed E-state index contributed by atoms with van der Waals surface area (Å²) in [5.41, 5.74) is 2.80. The Balaban J connectivity index is 1.31. The number of benzene rings is 2. The van der Waals surface area contributed by atoms with Gasteiger partial charge >= 0.3 is 0 Å². The molecule has 1 unspecified atom stereocenters. The monoisotopic (exact) mass is 422 g/mol. The number of hydrogen-bond acceptors (Lipinski definition) is 5. The zero-order valence-corrected chi connectivity index (χ0v) is 18.0. The maximum atomic E-state index is 13.3. The Labute approximate surface area is 181 Å². The van der Waals surface area contributed by atoms with Gasteiger partial charge in [0.2, 0.25) is 5.91 Å². The number of nitrogens with zero attached hydrogens (tertiary/aromatic N) is 3. The van der Waals surface area contributed by atoms with E-state index >= 15 is 0 Å². The molecule has 2 aromatic carbocycles. The van der Waals surface area contributed by atoms with E-state index in [1.54, 1.807) is 4.90 Å². The van der Waals surface area contributed by atoms with Crippen LogP contribution >= 0.6 is 11.8 Å². The number of fused-ring (bicyclic) bond motifs is 3. The molecular weight excluding hydrogens is 396 g/mol. The first-order valence-electron chi connectivity index (χ1n) is 10.6. The Hall–Kier alpha value is -2.51. The van der Waals surface area contributed by atoms with Crippen molar-refractivity contribution in [2.24, 2.45) is 0 Å². The molecule has 2 fully saturated rings. The van der Waals surface area contributed by atoms with Gasteiger partial charge in [-0.05, 0) is 49.4 Å². The molecule has 156 valence electrons. The van der Waals surface area contributed by atoms with Crippen molar-refractivity contribution in [3.63, 3.8) is 0 Å². The number of thioether (sulfide) groups is 1. The van der Waals surface area contributed by atoms with Gasteiger partial charge in [-0.2, -0.15) is 0 Å². The van der Waals surface area contributed by atoms with Gasteiger partial charge in [0.1, 0.15) is 0 Å². The van der Waals surface area contributed by atoms with E-state index in [9.17, 15) is 9.59 Å². The van der Waals surface area contributed by atoms with Gasteiger partial charge in [-0.25, -0.2) is 0 Å². The Morgan fingerprint density at radius 3 is 2.53 bits per heavy atom. The van der Waals surface area contributed by atoms with Crippen molar-refractivity contribution in [2.45, 2.75) is 29.5 Å². The third-order valence-electron chi connectivity index (χ3n) is 6.34. The number of rotatable bonds is 4. The van der Waals surface area contributed by atoms with Gasteiger partial charge in [0.15, 0.2) is 4.87 Å².